The molecule has 0 bridgehead atoms. The Bertz CT molecular complexity index is 489. The second-order valence-corrected chi connectivity index (χ2v) is 3.18. The van der Waals surface area contributed by atoms with E-state index in [1.807, 2.05) is 30.3 Å². The normalized spacial score (nSPS) is 10.5. The van der Waals surface area contributed by atoms with Gasteiger partial charge in [-0.25, -0.2) is 0 Å². The van der Waals surface area contributed by atoms with Gasteiger partial charge in [-0.15, -0.1) is 0 Å². The third-order valence-electron chi connectivity index (χ3n) is 2.02. The van der Waals surface area contributed by atoms with Crippen LogP contribution in [0.5, 0.6) is 0 Å². The molecular weight excluding hydrogens is 200 g/mol. The van der Waals surface area contributed by atoms with E-state index in [4.69, 9.17) is 0 Å². The van der Waals surface area contributed by atoms with Gasteiger partial charge < -0.3 is 0 Å². The van der Waals surface area contributed by atoms with E-state index in [0.717, 1.165) is 5.69 Å². The Labute approximate surface area is 93.5 Å². The smallest absolute Gasteiger partial charge is 0.233 e. The monoisotopic (exact) mass is 209 g/mol. The van der Waals surface area contributed by atoms with E-state index in [0.29, 0.717) is 11.3 Å². The summed E-state index contributed by atoms with van der Waals surface area (Å²) < 4.78 is 0. The zero-order valence-electron chi connectivity index (χ0n) is 8.50. The van der Waals surface area contributed by atoms with Gasteiger partial charge in [0, 0.05) is 5.56 Å². The fourth-order valence-electron chi connectivity index (χ4n) is 1.21. The van der Waals surface area contributed by atoms with E-state index in [1.54, 1.807) is 30.6 Å². The molecular formula is C13H9N2O. The number of carbonyl (C=O) groups excluding carboxylic acids is 1. The maximum Gasteiger partial charge on any atom is 0.233 e. The van der Waals surface area contributed by atoms with Gasteiger partial charge >= 0.3 is 0 Å². The topological polar surface area (TPSA) is 41.8 Å². The van der Waals surface area contributed by atoms with Crippen molar-refractivity contribution in [2.45, 2.75) is 0 Å². The molecule has 0 aliphatic heterocycles. The van der Waals surface area contributed by atoms with E-state index in [2.05, 4.69) is 10.2 Å². The van der Waals surface area contributed by atoms with Crippen LogP contribution in [0.15, 0.2) is 64.8 Å². The van der Waals surface area contributed by atoms with Crippen molar-refractivity contribution in [3.05, 3.63) is 60.2 Å². The Morgan fingerprint density at radius 2 is 1.31 bits per heavy atom. The third-order valence-corrected chi connectivity index (χ3v) is 2.02. The van der Waals surface area contributed by atoms with E-state index in [-0.39, 0.29) is 0 Å². The van der Waals surface area contributed by atoms with Crippen molar-refractivity contribution in [1.29, 1.82) is 0 Å². The predicted molar refractivity (Wildman–Crippen MR) is 61.9 cm³/mol. The van der Waals surface area contributed by atoms with Gasteiger partial charge in [0.25, 0.3) is 0 Å². The molecule has 77 valence electrons. The first-order valence-corrected chi connectivity index (χ1v) is 4.83. The van der Waals surface area contributed by atoms with Crippen LogP contribution in [0.25, 0.3) is 0 Å². The zero-order chi connectivity index (χ0) is 11.2. The molecule has 2 aromatic rings. The minimum Gasteiger partial charge on any atom is -0.285 e. The highest BCUT2D eigenvalue weighted by Crippen LogP contribution is 2.17. The van der Waals surface area contributed by atoms with Crippen LogP contribution in [0, 0.1) is 0 Å². The predicted octanol–water partition coefficient (Wildman–Crippen LogP) is 3.56. The minimum atomic E-state index is 0.513. The molecule has 0 heterocycles. The average Bonchev–Trinajstić information content (AvgIpc) is 2.38. The number of nitrogens with zero attached hydrogens (tertiary/aromatic N) is 2. The molecule has 0 fully saturated rings. The first-order chi connectivity index (χ1) is 7.88. The molecule has 0 amide bonds. The number of benzene rings is 2. The molecule has 0 N–H and O–H groups in total. The molecule has 1 radical (unpaired) electrons. The van der Waals surface area contributed by atoms with Gasteiger partial charge in [0.15, 0.2) is 0 Å². The molecule has 2 rings (SSSR count). The zero-order valence-corrected chi connectivity index (χ0v) is 8.50. The summed E-state index contributed by atoms with van der Waals surface area (Å²) >= 11 is 0. The van der Waals surface area contributed by atoms with Gasteiger partial charge in [0.05, 0.1) is 11.4 Å². The van der Waals surface area contributed by atoms with Crippen molar-refractivity contribution in [1.82, 2.24) is 0 Å². The summed E-state index contributed by atoms with van der Waals surface area (Å²) in [6.07, 6.45) is 1.81. The first-order valence-electron chi connectivity index (χ1n) is 4.83. The highest BCUT2D eigenvalue weighted by atomic mass is 16.1. The molecule has 0 aromatic heterocycles. The Kier molecular flexibility index (Phi) is 3.18. The van der Waals surface area contributed by atoms with Crippen LogP contribution in [-0.2, 0) is 4.79 Å². The number of hydrogen-bond acceptors (Lipinski definition) is 3. The molecule has 0 unspecified atom stereocenters. The second-order valence-electron chi connectivity index (χ2n) is 3.18. The van der Waals surface area contributed by atoms with Gasteiger partial charge in [-0.05, 0) is 36.4 Å². The van der Waals surface area contributed by atoms with Crippen molar-refractivity contribution < 1.29 is 4.79 Å². The lowest BCUT2D eigenvalue weighted by molar-refractivity contribution is 0.563. The SMILES string of the molecule is O=[C]c1ccc(/N=N/c2ccccc2)cc1. The molecule has 0 saturated heterocycles. The van der Waals surface area contributed by atoms with Crippen molar-refractivity contribution in [2.75, 3.05) is 0 Å². The molecule has 0 aliphatic rings. The number of rotatable bonds is 3. The molecule has 0 saturated carbocycles. The van der Waals surface area contributed by atoms with Gasteiger partial charge in [-0.3, -0.25) is 4.79 Å². The fraction of sp³-hybridized carbons (Fsp3) is 0. The van der Waals surface area contributed by atoms with Crippen molar-refractivity contribution in [3.63, 3.8) is 0 Å². The standard InChI is InChI=1S/C13H9N2O/c16-10-11-6-8-13(9-7-11)15-14-12-4-2-1-3-5-12/h1-9H/b15-14+. The lowest BCUT2D eigenvalue weighted by atomic mass is 10.2. The largest absolute Gasteiger partial charge is 0.285 e. The van der Waals surface area contributed by atoms with Gasteiger partial charge in [-0.1, -0.05) is 18.2 Å². The molecule has 2 aromatic carbocycles. The minimum absolute atomic E-state index is 0.513. The van der Waals surface area contributed by atoms with Crippen molar-refractivity contribution in [3.8, 4) is 0 Å². The van der Waals surface area contributed by atoms with Gasteiger partial charge in [-0.2, -0.15) is 10.2 Å². The summed E-state index contributed by atoms with van der Waals surface area (Å²) in [5.41, 5.74) is 2.02. The summed E-state index contributed by atoms with van der Waals surface area (Å²) in [6, 6.07) is 16.2. The van der Waals surface area contributed by atoms with Crippen LogP contribution in [0.1, 0.15) is 5.56 Å². The van der Waals surface area contributed by atoms with E-state index in [1.165, 1.54) is 0 Å². The molecule has 3 nitrogen and oxygen atoms in total. The molecule has 16 heavy (non-hydrogen) atoms. The Hall–Kier alpha value is -2.29. The average molecular weight is 209 g/mol. The van der Waals surface area contributed by atoms with Crippen LogP contribution < -0.4 is 0 Å². The molecule has 3 heteroatoms. The Morgan fingerprint density at radius 3 is 1.88 bits per heavy atom. The quantitative estimate of drug-likeness (QED) is 0.712. The first kappa shape index (κ1) is 10.2. The van der Waals surface area contributed by atoms with Crippen LogP contribution in [0.4, 0.5) is 11.4 Å². The second kappa shape index (κ2) is 4.98. The highest BCUT2D eigenvalue weighted by Gasteiger charge is 1.92. The maximum atomic E-state index is 10.3. The summed E-state index contributed by atoms with van der Waals surface area (Å²) in [7, 11) is 0. The van der Waals surface area contributed by atoms with Gasteiger partial charge in [0.1, 0.15) is 0 Å². The van der Waals surface area contributed by atoms with Crippen LogP contribution in [-0.4, -0.2) is 6.29 Å². The Balaban J connectivity index is 2.14. The van der Waals surface area contributed by atoms with E-state index in [9.17, 15) is 4.79 Å². The summed E-state index contributed by atoms with van der Waals surface area (Å²) in [6.45, 7) is 0. The lowest BCUT2D eigenvalue weighted by Gasteiger charge is -1.93. The third kappa shape index (κ3) is 2.60. The molecule has 0 aliphatic carbocycles. The lowest BCUT2D eigenvalue weighted by Crippen LogP contribution is -1.76. The summed E-state index contributed by atoms with van der Waals surface area (Å²) in [4.78, 5) is 10.3. The number of azo groups is 1. The summed E-state index contributed by atoms with van der Waals surface area (Å²) in [5, 5.41) is 8.11. The molecule has 0 atom stereocenters. The van der Waals surface area contributed by atoms with E-state index >= 15 is 0 Å². The summed E-state index contributed by atoms with van der Waals surface area (Å²) in [5.74, 6) is 0. The van der Waals surface area contributed by atoms with Crippen LogP contribution in [0.3, 0.4) is 0 Å². The van der Waals surface area contributed by atoms with Gasteiger partial charge in [0.2, 0.25) is 6.29 Å². The Morgan fingerprint density at radius 1 is 0.750 bits per heavy atom. The van der Waals surface area contributed by atoms with Crippen LogP contribution >= 0.6 is 0 Å². The number of hydrogen-bond donors (Lipinski definition) is 0. The molecule has 0 spiro atoms. The highest BCUT2D eigenvalue weighted by molar-refractivity contribution is 5.75. The van der Waals surface area contributed by atoms with E-state index < -0.39 is 0 Å². The maximum absolute atomic E-state index is 10.3. The van der Waals surface area contributed by atoms with Crippen molar-refractivity contribution >= 4 is 17.7 Å². The fourth-order valence-corrected chi connectivity index (χ4v) is 1.21. The van der Waals surface area contributed by atoms with Crippen LogP contribution in [0.2, 0.25) is 0 Å². The van der Waals surface area contributed by atoms with Crippen molar-refractivity contribution in [2.24, 2.45) is 10.2 Å².